The van der Waals surface area contributed by atoms with Crippen molar-refractivity contribution in [2.45, 2.75) is 13.0 Å². The summed E-state index contributed by atoms with van der Waals surface area (Å²) in [6.07, 6.45) is -0.848. The average Bonchev–Trinajstić information content (AvgIpc) is 2.47. The molecule has 0 aliphatic heterocycles. The first kappa shape index (κ1) is 12.8. The zero-order valence-electron chi connectivity index (χ0n) is 11.0. The molecule has 20 heavy (non-hydrogen) atoms. The maximum atomic E-state index is 12.9. The minimum absolute atomic E-state index is 0.316. The predicted molar refractivity (Wildman–Crippen MR) is 76.9 cm³/mol. The van der Waals surface area contributed by atoms with Gasteiger partial charge in [-0.15, -0.1) is 0 Å². The van der Waals surface area contributed by atoms with Crippen molar-refractivity contribution in [2.75, 3.05) is 0 Å². The van der Waals surface area contributed by atoms with E-state index in [-0.39, 0.29) is 5.82 Å². The van der Waals surface area contributed by atoms with E-state index in [4.69, 9.17) is 0 Å². The molecule has 2 aromatic carbocycles. The first-order chi connectivity index (χ1) is 9.65. The van der Waals surface area contributed by atoms with Crippen LogP contribution in [-0.2, 0) is 0 Å². The Labute approximate surface area is 116 Å². The van der Waals surface area contributed by atoms with E-state index < -0.39 is 6.10 Å². The second-order valence-electron chi connectivity index (χ2n) is 4.84. The Balaban J connectivity index is 2.07. The first-order valence-corrected chi connectivity index (χ1v) is 6.45. The summed E-state index contributed by atoms with van der Waals surface area (Å²) >= 11 is 0. The second-order valence-corrected chi connectivity index (χ2v) is 4.84. The molecule has 100 valence electrons. The Morgan fingerprint density at radius 1 is 1.05 bits per heavy atom. The van der Waals surface area contributed by atoms with Crippen LogP contribution in [0.1, 0.15) is 22.9 Å². The largest absolute Gasteiger partial charge is 0.382 e. The summed E-state index contributed by atoms with van der Waals surface area (Å²) < 4.78 is 12.9. The predicted octanol–water partition coefficient (Wildman–Crippen LogP) is 3.76. The SMILES string of the molecule is Cc1cc(C(O)c2ccc(F)cc2)nc2ccccc12. The van der Waals surface area contributed by atoms with Gasteiger partial charge in [-0.05, 0) is 42.3 Å². The maximum Gasteiger partial charge on any atom is 0.123 e. The number of hydrogen-bond acceptors (Lipinski definition) is 2. The standard InChI is InChI=1S/C17H14FNO/c1-11-10-16(19-15-5-3-2-4-14(11)15)17(20)12-6-8-13(18)9-7-12/h2-10,17,20H,1H3. The van der Waals surface area contributed by atoms with E-state index in [1.54, 1.807) is 12.1 Å². The number of rotatable bonds is 2. The number of aliphatic hydroxyl groups is 1. The molecule has 0 aliphatic carbocycles. The second kappa shape index (κ2) is 5.02. The highest BCUT2D eigenvalue weighted by atomic mass is 19.1. The average molecular weight is 267 g/mol. The molecule has 3 rings (SSSR count). The Kier molecular flexibility index (Phi) is 3.20. The number of fused-ring (bicyclic) bond motifs is 1. The highest BCUT2D eigenvalue weighted by molar-refractivity contribution is 5.82. The molecule has 1 aromatic heterocycles. The molecular formula is C17H14FNO. The zero-order valence-corrected chi connectivity index (χ0v) is 11.0. The normalized spacial score (nSPS) is 12.6. The number of aliphatic hydroxyl groups excluding tert-OH is 1. The Morgan fingerprint density at radius 3 is 2.50 bits per heavy atom. The third-order valence-electron chi connectivity index (χ3n) is 3.41. The van der Waals surface area contributed by atoms with E-state index >= 15 is 0 Å². The molecule has 0 aliphatic rings. The summed E-state index contributed by atoms with van der Waals surface area (Å²) in [5.74, 6) is -0.316. The molecule has 1 N–H and O–H groups in total. The van der Waals surface area contributed by atoms with Crippen molar-refractivity contribution in [1.82, 2.24) is 4.98 Å². The van der Waals surface area contributed by atoms with Gasteiger partial charge in [0.25, 0.3) is 0 Å². The van der Waals surface area contributed by atoms with Crippen LogP contribution < -0.4 is 0 Å². The fourth-order valence-electron chi connectivity index (χ4n) is 2.33. The molecular weight excluding hydrogens is 253 g/mol. The van der Waals surface area contributed by atoms with Crippen molar-refractivity contribution in [3.63, 3.8) is 0 Å². The third kappa shape index (κ3) is 2.28. The fourth-order valence-corrected chi connectivity index (χ4v) is 2.33. The zero-order chi connectivity index (χ0) is 14.1. The van der Waals surface area contributed by atoms with Gasteiger partial charge in [-0.1, -0.05) is 30.3 Å². The highest BCUT2D eigenvalue weighted by Crippen LogP contribution is 2.25. The summed E-state index contributed by atoms with van der Waals surface area (Å²) in [4.78, 5) is 4.49. The maximum absolute atomic E-state index is 12.9. The van der Waals surface area contributed by atoms with Crippen LogP contribution in [0.3, 0.4) is 0 Å². The fraction of sp³-hybridized carbons (Fsp3) is 0.118. The summed E-state index contributed by atoms with van der Waals surface area (Å²) in [6.45, 7) is 1.99. The van der Waals surface area contributed by atoms with Crippen LogP contribution >= 0.6 is 0 Å². The van der Waals surface area contributed by atoms with Crippen LogP contribution in [-0.4, -0.2) is 10.1 Å². The summed E-state index contributed by atoms with van der Waals surface area (Å²) in [5.41, 5.74) is 3.12. The van der Waals surface area contributed by atoms with Crippen molar-refractivity contribution in [3.05, 3.63) is 77.2 Å². The number of benzene rings is 2. The molecule has 0 radical (unpaired) electrons. The van der Waals surface area contributed by atoms with Gasteiger partial charge in [-0.2, -0.15) is 0 Å². The van der Waals surface area contributed by atoms with Crippen LogP contribution in [0, 0.1) is 12.7 Å². The van der Waals surface area contributed by atoms with Gasteiger partial charge in [0, 0.05) is 5.39 Å². The molecule has 0 saturated carbocycles. The summed E-state index contributed by atoms with van der Waals surface area (Å²) in [6, 6.07) is 15.5. The molecule has 1 unspecified atom stereocenters. The number of aromatic nitrogens is 1. The van der Waals surface area contributed by atoms with Crippen molar-refractivity contribution >= 4 is 10.9 Å². The highest BCUT2D eigenvalue weighted by Gasteiger charge is 2.13. The number of aryl methyl sites for hydroxylation is 1. The molecule has 1 atom stereocenters. The van der Waals surface area contributed by atoms with Gasteiger partial charge in [-0.25, -0.2) is 9.37 Å². The molecule has 3 aromatic rings. The topological polar surface area (TPSA) is 33.1 Å². The van der Waals surface area contributed by atoms with Crippen LogP contribution in [0.25, 0.3) is 10.9 Å². The number of pyridine rings is 1. The van der Waals surface area contributed by atoms with Gasteiger partial charge in [0.1, 0.15) is 11.9 Å². The van der Waals surface area contributed by atoms with Crippen LogP contribution in [0.5, 0.6) is 0 Å². The van der Waals surface area contributed by atoms with E-state index in [0.29, 0.717) is 11.3 Å². The van der Waals surface area contributed by atoms with Crippen LogP contribution in [0.15, 0.2) is 54.6 Å². The molecule has 3 heteroatoms. The smallest absolute Gasteiger partial charge is 0.123 e. The quantitative estimate of drug-likeness (QED) is 0.766. The van der Waals surface area contributed by atoms with Crippen molar-refractivity contribution in [1.29, 1.82) is 0 Å². The minimum atomic E-state index is -0.848. The Morgan fingerprint density at radius 2 is 1.75 bits per heavy atom. The van der Waals surface area contributed by atoms with Crippen molar-refractivity contribution in [3.8, 4) is 0 Å². The van der Waals surface area contributed by atoms with E-state index in [0.717, 1.165) is 16.5 Å². The van der Waals surface area contributed by atoms with E-state index in [1.807, 2.05) is 37.3 Å². The lowest BCUT2D eigenvalue weighted by molar-refractivity contribution is 0.215. The minimum Gasteiger partial charge on any atom is -0.382 e. The lowest BCUT2D eigenvalue weighted by Gasteiger charge is -2.13. The molecule has 0 bridgehead atoms. The lowest BCUT2D eigenvalue weighted by Crippen LogP contribution is -2.03. The molecule has 0 spiro atoms. The number of halogens is 1. The van der Waals surface area contributed by atoms with Gasteiger partial charge in [0.05, 0.1) is 11.2 Å². The van der Waals surface area contributed by atoms with E-state index in [2.05, 4.69) is 4.98 Å². The van der Waals surface area contributed by atoms with Crippen LogP contribution in [0.2, 0.25) is 0 Å². The molecule has 0 fully saturated rings. The summed E-state index contributed by atoms with van der Waals surface area (Å²) in [5, 5.41) is 11.5. The first-order valence-electron chi connectivity index (χ1n) is 6.45. The van der Waals surface area contributed by atoms with Gasteiger partial charge in [0.15, 0.2) is 0 Å². The van der Waals surface area contributed by atoms with Crippen molar-refractivity contribution < 1.29 is 9.50 Å². The Bertz CT molecular complexity index is 753. The Hall–Kier alpha value is -2.26. The molecule has 2 nitrogen and oxygen atoms in total. The summed E-state index contributed by atoms with van der Waals surface area (Å²) in [7, 11) is 0. The van der Waals surface area contributed by atoms with Gasteiger partial charge >= 0.3 is 0 Å². The number of para-hydroxylation sites is 1. The monoisotopic (exact) mass is 267 g/mol. The third-order valence-corrected chi connectivity index (χ3v) is 3.41. The van der Waals surface area contributed by atoms with Gasteiger partial charge < -0.3 is 5.11 Å². The molecule has 0 saturated heterocycles. The number of nitrogens with zero attached hydrogens (tertiary/aromatic N) is 1. The van der Waals surface area contributed by atoms with Gasteiger partial charge in [-0.3, -0.25) is 0 Å². The molecule has 1 heterocycles. The van der Waals surface area contributed by atoms with Gasteiger partial charge in [0.2, 0.25) is 0 Å². The van der Waals surface area contributed by atoms with E-state index in [9.17, 15) is 9.50 Å². The number of hydrogen-bond donors (Lipinski definition) is 1. The molecule has 0 amide bonds. The van der Waals surface area contributed by atoms with Crippen molar-refractivity contribution in [2.24, 2.45) is 0 Å². The lowest BCUT2D eigenvalue weighted by atomic mass is 10.0. The van der Waals surface area contributed by atoms with E-state index in [1.165, 1.54) is 12.1 Å². The van der Waals surface area contributed by atoms with Crippen LogP contribution in [0.4, 0.5) is 4.39 Å².